The number of hydrogen-bond acceptors (Lipinski definition) is 8. The van der Waals surface area contributed by atoms with Crippen LogP contribution in [0.2, 0.25) is 0 Å². The average molecular weight is 497 g/mol. The molecular formula is C24H26N5O7-. The number of hydrogen-bond donors (Lipinski definition) is 2. The van der Waals surface area contributed by atoms with Crippen LogP contribution < -0.4 is 20.8 Å². The van der Waals surface area contributed by atoms with Crippen molar-refractivity contribution in [2.24, 2.45) is 5.92 Å². The average Bonchev–Trinajstić information content (AvgIpc) is 3.12. The fourth-order valence-electron chi connectivity index (χ4n) is 5.37. The van der Waals surface area contributed by atoms with Crippen LogP contribution in [-0.2, 0) is 22.7 Å². The number of carbonyl (C=O) groups is 3. The Balaban J connectivity index is 1.24. The molecule has 0 radical (unpaired) electrons. The number of fused-ring (bicyclic) bond motifs is 4. The van der Waals surface area contributed by atoms with E-state index in [0.29, 0.717) is 31.1 Å². The summed E-state index contributed by atoms with van der Waals surface area (Å²) in [5.74, 6) is -0.144. The second kappa shape index (κ2) is 9.28. The first kappa shape index (κ1) is 23.8. The minimum absolute atomic E-state index is 0.00705. The number of benzene rings is 1. The normalized spacial score (nSPS) is 22.8. The quantitative estimate of drug-likeness (QED) is 0.445. The summed E-state index contributed by atoms with van der Waals surface area (Å²) >= 11 is 0. The van der Waals surface area contributed by atoms with Crippen LogP contribution >= 0.6 is 0 Å². The minimum atomic E-state index is -0.935. The minimum Gasteiger partial charge on any atom is -0.733 e. The van der Waals surface area contributed by atoms with Gasteiger partial charge < -0.3 is 30.0 Å². The highest BCUT2D eigenvalue weighted by Gasteiger charge is 2.42. The molecule has 0 spiro atoms. The van der Waals surface area contributed by atoms with Crippen molar-refractivity contribution in [1.29, 1.82) is 0 Å². The van der Waals surface area contributed by atoms with E-state index in [1.165, 1.54) is 10.6 Å². The summed E-state index contributed by atoms with van der Waals surface area (Å²) < 4.78 is 6.62. The summed E-state index contributed by atoms with van der Waals surface area (Å²) in [5.41, 5.74) is 0.556. The summed E-state index contributed by atoms with van der Waals surface area (Å²) in [7, 11) is 1.55. The first-order valence-corrected chi connectivity index (χ1v) is 11.7. The lowest BCUT2D eigenvalue weighted by atomic mass is 9.83. The Hall–Kier alpha value is -3.90. The summed E-state index contributed by atoms with van der Waals surface area (Å²) in [6, 6.07) is 8.47. The molecule has 3 atom stereocenters. The molecule has 12 heteroatoms. The lowest BCUT2D eigenvalue weighted by molar-refractivity contribution is -0.137. The van der Waals surface area contributed by atoms with Crippen LogP contribution in [0.15, 0.2) is 41.2 Å². The molecule has 36 heavy (non-hydrogen) atoms. The van der Waals surface area contributed by atoms with Crippen LogP contribution in [-0.4, -0.2) is 63.7 Å². The van der Waals surface area contributed by atoms with Gasteiger partial charge in [-0.25, -0.2) is 4.79 Å². The van der Waals surface area contributed by atoms with Gasteiger partial charge >= 0.3 is 6.03 Å². The van der Waals surface area contributed by atoms with Gasteiger partial charge in [0, 0.05) is 31.2 Å². The maximum Gasteiger partial charge on any atom is 0.325 e. The van der Waals surface area contributed by atoms with Crippen molar-refractivity contribution in [2.45, 2.75) is 37.9 Å². The van der Waals surface area contributed by atoms with E-state index in [2.05, 4.69) is 5.32 Å². The zero-order valence-corrected chi connectivity index (χ0v) is 19.6. The zero-order chi connectivity index (χ0) is 25.6. The number of likely N-dealkylation sites (tertiary alicyclic amines) is 1. The molecule has 5 rings (SSSR count). The number of amides is 4. The van der Waals surface area contributed by atoms with Gasteiger partial charge in [0.25, 0.3) is 11.5 Å². The molecule has 0 saturated carbocycles. The van der Waals surface area contributed by atoms with Gasteiger partial charge in [-0.15, -0.1) is 0 Å². The van der Waals surface area contributed by atoms with Crippen LogP contribution in [0.5, 0.6) is 5.75 Å². The van der Waals surface area contributed by atoms with E-state index in [1.807, 2.05) is 0 Å². The van der Waals surface area contributed by atoms with E-state index < -0.39 is 28.8 Å². The number of methoxy groups -OCH3 is 1. The number of ether oxygens (including phenoxy) is 1. The predicted octanol–water partition coefficient (Wildman–Crippen LogP) is 1.01. The van der Waals surface area contributed by atoms with Crippen molar-refractivity contribution in [1.82, 2.24) is 19.7 Å². The maximum atomic E-state index is 13.1. The molecule has 3 unspecified atom stereocenters. The summed E-state index contributed by atoms with van der Waals surface area (Å²) in [4.78, 5) is 53.9. The highest BCUT2D eigenvalue weighted by Crippen LogP contribution is 2.36. The molecular weight excluding hydrogens is 470 g/mol. The number of carbonyl (C=O) groups excluding carboxylic acids is 3. The van der Waals surface area contributed by atoms with Crippen molar-refractivity contribution >= 4 is 23.5 Å². The molecule has 2 fully saturated rings. The van der Waals surface area contributed by atoms with E-state index in [0.717, 1.165) is 16.9 Å². The second-order valence-corrected chi connectivity index (χ2v) is 9.41. The van der Waals surface area contributed by atoms with Crippen LogP contribution in [0.4, 0.5) is 10.5 Å². The molecule has 190 valence electrons. The Morgan fingerprint density at radius 1 is 1.14 bits per heavy atom. The summed E-state index contributed by atoms with van der Waals surface area (Å²) in [6.07, 6.45) is 0.641. The number of pyridine rings is 1. The van der Waals surface area contributed by atoms with Crippen molar-refractivity contribution in [3.63, 3.8) is 0 Å². The fourth-order valence-corrected chi connectivity index (χ4v) is 5.37. The third-order valence-electron chi connectivity index (χ3n) is 7.13. The third kappa shape index (κ3) is 4.29. The number of piperidine rings is 1. The first-order valence-electron chi connectivity index (χ1n) is 11.7. The SMILES string of the molecule is COc1ccc(CN2C(=O)NC(CC(=O)N3CC4CC(C3)c3ccc(N([O-])O)c(=O)n3C4)C2=O)cc1. The number of nitrogens with zero attached hydrogens (tertiary/aromatic N) is 4. The fraction of sp³-hybridized carbons (Fsp3) is 0.417. The van der Waals surface area contributed by atoms with E-state index in [9.17, 15) is 24.4 Å². The molecule has 2 bridgehead atoms. The molecule has 1 aromatic heterocycles. The topological polar surface area (TPSA) is 147 Å². The number of anilines is 1. The molecule has 1 aromatic carbocycles. The molecule has 12 nitrogen and oxygen atoms in total. The van der Waals surface area contributed by atoms with E-state index in [1.54, 1.807) is 42.3 Å². The molecule has 3 aliphatic heterocycles. The van der Waals surface area contributed by atoms with Gasteiger partial charge in [-0.3, -0.25) is 24.5 Å². The van der Waals surface area contributed by atoms with Crippen molar-refractivity contribution in [3.05, 3.63) is 63.2 Å². The number of rotatable bonds is 6. The van der Waals surface area contributed by atoms with E-state index >= 15 is 0 Å². The number of urea groups is 1. The van der Waals surface area contributed by atoms with Gasteiger partial charge in [-0.1, -0.05) is 12.1 Å². The molecule has 4 amide bonds. The van der Waals surface area contributed by atoms with Gasteiger partial charge in [-0.05, 0) is 42.2 Å². The Kier molecular flexibility index (Phi) is 6.14. The number of aromatic nitrogens is 1. The molecule has 4 heterocycles. The molecule has 0 aliphatic carbocycles. The highest BCUT2D eigenvalue weighted by molar-refractivity contribution is 6.05. The van der Waals surface area contributed by atoms with Gasteiger partial charge in [0.05, 0.1) is 20.1 Å². The Labute approximate surface area is 206 Å². The highest BCUT2D eigenvalue weighted by atomic mass is 16.8. The van der Waals surface area contributed by atoms with Crippen molar-refractivity contribution in [2.75, 3.05) is 25.4 Å². The second-order valence-electron chi connectivity index (χ2n) is 9.41. The van der Waals surface area contributed by atoms with E-state index in [-0.39, 0.29) is 36.4 Å². The maximum absolute atomic E-state index is 13.1. The monoisotopic (exact) mass is 496 g/mol. The Morgan fingerprint density at radius 3 is 2.58 bits per heavy atom. The van der Waals surface area contributed by atoms with Gasteiger partial charge in [0.1, 0.15) is 17.5 Å². The molecule has 3 aliphatic rings. The Bertz CT molecular complexity index is 1260. The zero-order valence-electron chi connectivity index (χ0n) is 19.6. The van der Waals surface area contributed by atoms with Gasteiger partial charge in [-0.2, -0.15) is 0 Å². The van der Waals surface area contributed by atoms with Crippen LogP contribution in [0, 0.1) is 11.1 Å². The third-order valence-corrected chi connectivity index (χ3v) is 7.13. The standard InChI is InChI=1S/C24H26N5O7/c1-36-17-4-2-14(3-5-17)11-28-22(31)18(25-24(28)33)9-21(30)26-10-15-8-16(13-26)19-6-7-20(29(34)35)23(32)27(19)12-15/h2-7,15-16,18,34H,8-13H2,1H3,(H,25,33)/q-1. The lowest BCUT2D eigenvalue weighted by Gasteiger charge is -2.43. The largest absolute Gasteiger partial charge is 0.733 e. The number of imide groups is 1. The van der Waals surface area contributed by atoms with Gasteiger partial charge in [0.2, 0.25) is 5.91 Å². The first-order chi connectivity index (χ1) is 17.2. The smallest absolute Gasteiger partial charge is 0.325 e. The molecule has 2 aromatic rings. The van der Waals surface area contributed by atoms with Crippen LogP contribution in [0.3, 0.4) is 0 Å². The van der Waals surface area contributed by atoms with Gasteiger partial charge in [0.15, 0.2) is 0 Å². The Morgan fingerprint density at radius 2 is 1.89 bits per heavy atom. The van der Waals surface area contributed by atoms with Crippen LogP contribution in [0.25, 0.3) is 0 Å². The molecule has 2 N–H and O–H groups in total. The molecule has 2 saturated heterocycles. The van der Waals surface area contributed by atoms with Crippen LogP contribution in [0.1, 0.15) is 30.0 Å². The van der Waals surface area contributed by atoms with Crippen molar-refractivity contribution < 1.29 is 24.3 Å². The lowest BCUT2D eigenvalue weighted by Crippen LogP contribution is -2.50. The van der Waals surface area contributed by atoms with Crippen molar-refractivity contribution in [3.8, 4) is 5.75 Å². The van der Waals surface area contributed by atoms with E-state index in [4.69, 9.17) is 9.94 Å². The summed E-state index contributed by atoms with van der Waals surface area (Å²) in [6.45, 7) is 1.18. The summed E-state index contributed by atoms with van der Waals surface area (Å²) in [5, 5.41) is 22.6. The number of nitrogens with one attached hydrogen (secondary N) is 1. The predicted molar refractivity (Wildman–Crippen MR) is 126 cm³/mol.